The van der Waals surface area contributed by atoms with Crippen LogP contribution in [-0.4, -0.2) is 40.4 Å². The molecule has 0 fully saturated rings. The molecule has 2 aromatic heterocycles. The molecule has 0 aliphatic carbocycles. The lowest BCUT2D eigenvalue weighted by Crippen LogP contribution is -2.35. The Kier molecular flexibility index (Phi) is 5.22. The number of pyridine rings is 1. The minimum absolute atomic E-state index is 0.163. The second kappa shape index (κ2) is 7.34. The fraction of sp³-hybridized carbons (Fsp3) is 0.385. The molecule has 0 atom stereocenters. The molecule has 0 aromatic carbocycles. The molecule has 8 heteroatoms. The molecule has 0 radical (unpaired) electrons. The molecular formula is C13H17N5O3. The molecule has 0 aliphatic rings. The van der Waals surface area contributed by atoms with Crippen LogP contribution in [0.5, 0.6) is 0 Å². The number of anilines is 1. The Balaban J connectivity index is 2.22. The van der Waals surface area contributed by atoms with Crippen molar-refractivity contribution in [1.29, 1.82) is 0 Å². The number of rotatable bonds is 7. The minimum atomic E-state index is -0.626. The van der Waals surface area contributed by atoms with Gasteiger partial charge in [-0.05, 0) is 18.6 Å². The Hall–Kier alpha value is -2.48. The lowest BCUT2D eigenvalue weighted by atomic mass is 10.3. The van der Waals surface area contributed by atoms with Crippen molar-refractivity contribution in [2.75, 3.05) is 25.2 Å². The SMILES string of the molecule is COCCCN(Cc1ccccn1)c1n[nH]c(=O)[nH]c1=O. The van der Waals surface area contributed by atoms with E-state index >= 15 is 0 Å². The summed E-state index contributed by atoms with van der Waals surface area (Å²) in [7, 11) is 1.62. The van der Waals surface area contributed by atoms with E-state index in [2.05, 4.69) is 20.2 Å². The lowest BCUT2D eigenvalue weighted by molar-refractivity contribution is 0.196. The van der Waals surface area contributed by atoms with Gasteiger partial charge >= 0.3 is 5.69 Å². The molecule has 0 spiro atoms. The maximum absolute atomic E-state index is 11.9. The van der Waals surface area contributed by atoms with Crippen molar-refractivity contribution in [1.82, 2.24) is 20.2 Å². The molecular weight excluding hydrogens is 274 g/mol. The highest BCUT2D eigenvalue weighted by atomic mass is 16.5. The summed E-state index contributed by atoms with van der Waals surface area (Å²) < 4.78 is 5.02. The van der Waals surface area contributed by atoms with Crippen LogP contribution in [0.15, 0.2) is 34.0 Å². The molecule has 2 heterocycles. The largest absolute Gasteiger partial charge is 0.385 e. The van der Waals surface area contributed by atoms with Crippen molar-refractivity contribution in [3.8, 4) is 0 Å². The van der Waals surface area contributed by atoms with E-state index in [0.29, 0.717) is 19.7 Å². The van der Waals surface area contributed by atoms with Crippen molar-refractivity contribution in [2.24, 2.45) is 0 Å². The van der Waals surface area contributed by atoms with Gasteiger partial charge < -0.3 is 9.64 Å². The van der Waals surface area contributed by atoms with Gasteiger partial charge in [-0.1, -0.05) is 6.07 Å². The van der Waals surface area contributed by atoms with Gasteiger partial charge in [-0.2, -0.15) is 0 Å². The third-order valence-corrected chi connectivity index (χ3v) is 2.85. The summed E-state index contributed by atoms with van der Waals surface area (Å²) in [5, 5.41) is 6.07. The lowest BCUT2D eigenvalue weighted by Gasteiger charge is -2.21. The normalized spacial score (nSPS) is 10.5. The summed E-state index contributed by atoms with van der Waals surface area (Å²) >= 11 is 0. The molecule has 2 aromatic rings. The quantitative estimate of drug-likeness (QED) is 0.690. The summed E-state index contributed by atoms with van der Waals surface area (Å²) in [5.74, 6) is 0.163. The van der Waals surface area contributed by atoms with Crippen LogP contribution >= 0.6 is 0 Å². The average Bonchev–Trinajstić information content (AvgIpc) is 2.48. The van der Waals surface area contributed by atoms with Crippen LogP contribution in [0.25, 0.3) is 0 Å². The zero-order valence-corrected chi connectivity index (χ0v) is 11.7. The molecule has 2 N–H and O–H groups in total. The number of aromatic nitrogens is 4. The average molecular weight is 291 g/mol. The molecule has 0 bridgehead atoms. The van der Waals surface area contributed by atoms with E-state index in [1.807, 2.05) is 18.2 Å². The van der Waals surface area contributed by atoms with E-state index < -0.39 is 11.2 Å². The Morgan fingerprint density at radius 2 is 2.19 bits per heavy atom. The van der Waals surface area contributed by atoms with Gasteiger partial charge in [0.15, 0.2) is 0 Å². The van der Waals surface area contributed by atoms with Crippen LogP contribution in [0.3, 0.4) is 0 Å². The zero-order valence-electron chi connectivity index (χ0n) is 11.7. The summed E-state index contributed by atoms with van der Waals surface area (Å²) in [6, 6.07) is 5.56. The van der Waals surface area contributed by atoms with Crippen LogP contribution in [0.2, 0.25) is 0 Å². The third kappa shape index (κ3) is 4.25. The summed E-state index contributed by atoms with van der Waals surface area (Å²) in [5.41, 5.74) is -0.340. The molecule has 2 rings (SSSR count). The third-order valence-electron chi connectivity index (χ3n) is 2.85. The van der Waals surface area contributed by atoms with E-state index in [9.17, 15) is 9.59 Å². The van der Waals surface area contributed by atoms with Gasteiger partial charge in [-0.3, -0.25) is 14.8 Å². The second-order valence-corrected chi connectivity index (χ2v) is 4.42. The molecule has 8 nitrogen and oxygen atoms in total. The fourth-order valence-electron chi connectivity index (χ4n) is 1.90. The van der Waals surface area contributed by atoms with Crippen LogP contribution in [0.1, 0.15) is 12.1 Å². The maximum Gasteiger partial charge on any atom is 0.342 e. The number of ether oxygens (including phenoxy) is 1. The minimum Gasteiger partial charge on any atom is -0.385 e. The van der Waals surface area contributed by atoms with Crippen LogP contribution in [-0.2, 0) is 11.3 Å². The number of hydrogen-bond acceptors (Lipinski definition) is 6. The van der Waals surface area contributed by atoms with E-state index in [1.54, 1.807) is 18.2 Å². The van der Waals surface area contributed by atoms with Gasteiger partial charge in [-0.15, -0.1) is 5.10 Å². The monoisotopic (exact) mass is 291 g/mol. The maximum atomic E-state index is 11.9. The van der Waals surface area contributed by atoms with Crippen molar-refractivity contribution in [3.05, 3.63) is 50.9 Å². The number of H-pyrrole nitrogens is 2. The van der Waals surface area contributed by atoms with Crippen molar-refractivity contribution in [3.63, 3.8) is 0 Å². The van der Waals surface area contributed by atoms with Crippen LogP contribution in [0, 0.1) is 0 Å². The van der Waals surface area contributed by atoms with Gasteiger partial charge in [0.1, 0.15) is 0 Å². The van der Waals surface area contributed by atoms with E-state index in [-0.39, 0.29) is 5.82 Å². The summed E-state index contributed by atoms with van der Waals surface area (Å²) in [6.45, 7) is 1.55. The smallest absolute Gasteiger partial charge is 0.342 e. The molecule has 112 valence electrons. The molecule has 0 unspecified atom stereocenters. The number of methoxy groups -OCH3 is 1. The Labute approximate surface area is 120 Å². The highest BCUT2D eigenvalue weighted by molar-refractivity contribution is 5.34. The van der Waals surface area contributed by atoms with Crippen molar-refractivity contribution < 1.29 is 4.74 Å². The van der Waals surface area contributed by atoms with Gasteiger partial charge in [0.2, 0.25) is 5.82 Å². The highest BCUT2D eigenvalue weighted by Gasteiger charge is 2.14. The fourth-order valence-corrected chi connectivity index (χ4v) is 1.90. The first-order chi connectivity index (χ1) is 10.2. The van der Waals surface area contributed by atoms with Gasteiger partial charge in [-0.25, -0.2) is 9.89 Å². The predicted molar refractivity (Wildman–Crippen MR) is 77.3 cm³/mol. The number of aromatic amines is 2. The first kappa shape index (κ1) is 14.9. The molecule has 0 amide bonds. The standard InChI is InChI=1S/C13H17N5O3/c1-21-8-4-7-18(9-10-5-2-3-6-14-10)11-12(19)15-13(20)17-16-11/h2-3,5-6H,4,7-9H2,1H3,(H2,15,17,19,20). The van der Waals surface area contributed by atoms with Gasteiger partial charge in [0.05, 0.1) is 12.2 Å². The number of nitrogens with one attached hydrogen (secondary N) is 2. The number of nitrogens with zero attached hydrogens (tertiary/aromatic N) is 3. The van der Waals surface area contributed by atoms with Crippen LogP contribution < -0.4 is 16.1 Å². The predicted octanol–water partition coefficient (Wildman–Crippen LogP) is -0.104. The Morgan fingerprint density at radius 3 is 2.86 bits per heavy atom. The molecule has 0 aliphatic heterocycles. The highest BCUT2D eigenvalue weighted by Crippen LogP contribution is 2.08. The molecule has 21 heavy (non-hydrogen) atoms. The summed E-state index contributed by atoms with van der Waals surface area (Å²) in [4.78, 5) is 31.1. The first-order valence-electron chi connectivity index (χ1n) is 6.53. The van der Waals surface area contributed by atoms with Gasteiger partial charge in [0.25, 0.3) is 5.56 Å². The first-order valence-corrected chi connectivity index (χ1v) is 6.53. The molecule has 0 saturated carbocycles. The Bertz CT molecular complexity index is 667. The zero-order chi connectivity index (χ0) is 15.1. The van der Waals surface area contributed by atoms with Crippen LogP contribution in [0.4, 0.5) is 5.82 Å². The van der Waals surface area contributed by atoms with E-state index in [4.69, 9.17) is 4.74 Å². The Morgan fingerprint density at radius 1 is 1.33 bits per heavy atom. The number of hydrogen-bond donors (Lipinski definition) is 2. The summed E-state index contributed by atoms with van der Waals surface area (Å²) in [6.07, 6.45) is 2.41. The van der Waals surface area contributed by atoms with Crippen molar-refractivity contribution in [2.45, 2.75) is 13.0 Å². The molecule has 0 saturated heterocycles. The van der Waals surface area contributed by atoms with Gasteiger partial charge in [0, 0.05) is 26.5 Å². The second-order valence-electron chi connectivity index (χ2n) is 4.42. The van der Waals surface area contributed by atoms with E-state index in [1.165, 1.54) is 0 Å². The van der Waals surface area contributed by atoms with E-state index in [0.717, 1.165) is 12.1 Å². The topological polar surface area (TPSA) is 104 Å². The van der Waals surface area contributed by atoms with Crippen molar-refractivity contribution >= 4 is 5.82 Å².